The van der Waals surface area contributed by atoms with Gasteiger partial charge in [0.15, 0.2) is 0 Å². The number of hydrogen-bond acceptors (Lipinski definition) is 2. The van der Waals surface area contributed by atoms with Gasteiger partial charge < -0.3 is 10.6 Å². The predicted octanol–water partition coefficient (Wildman–Crippen LogP) is 2.52. The van der Waals surface area contributed by atoms with Crippen LogP contribution in [0.5, 0.6) is 0 Å². The van der Waals surface area contributed by atoms with Gasteiger partial charge in [-0.1, -0.05) is 37.6 Å². The van der Waals surface area contributed by atoms with E-state index in [4.69, 9.17) is 0 Å². The fourth-order valence-electron chi connectivity index (χ4n) is 2.60. The molecule has 0 saturated carbocycles. The molecule has 1 aromatic rings. The van der Waals surface area contributed by atoms with Crippen LogP contribution in [0.25, 0.3) is 0 Å². The second-order valence-corrected chi connectivity index (χ2v) is 5.31. The van der Waals surface area contributed by atoms with Gasteiger partial charge in [0.05, 0.1) is 0 Å². The lowest BCUT2D eigenvalue weighted by Crippen LogP contribution is -2.34. The Morgan fingerprint density at radius 3 is 2.50 bits per heavy atom. The Morgan fingerprint density at radius 2 is 1.89 bits per heavy atom. The van der Waals surface area contributed by atoms with Crippen molar-refractivity contribution in [3.8, 4) is 0 Å². The first-order chi connectivity index (χ1) is 8.88. The van der Waals surface area contributed by atoms with E-state index in [0.717, 1.165) is 19.5 Å². The quantitative estimate of drug-likeness (QED) is 0.722. The highest BCUT2D eigenvalue weighted by Gasteiger charge is 2.12. The van der Waals surface area contributed by atoms with Gasteiger partial charge in [-0.25, -0.2) is 0 Å². The second-order valence-electron chi connectivity index (χ2n) is 5.31. The molecule has 1 heterocycles. The van der Waals surface area contributed by atoms with Crippen molar-refractivity contribution in [3.05, 3.63) is 35.4 Å². The molecule has 2 rings (SSSR count). The number of nitrogens with one attached hydrogen (secondary N) is 2. The Morgan fingerprint density at radius 1 is 1.17 bits per heavy atom. The molecule has 1 fully saturated rings. The van der Waals surface area contributed by atoms with Gasteiger partial charge in [-0.3, -0.25) is 0 Å². The van der Waals surface area contributed by atoms with Crippen LogP contribution >= 0.6 is 0 Å². The van der Waals surface area contributed by atoms with Crippen LogP contribution in [0.15, 0.2) is 24.3 Å². The van der Waals surface area contributed by atoms with Crippen LogP contribution in [0, 0.1) is 0 Å². The molecule has 0 aliphatic carbocycles. The van der Waals surface area contributed by atoms with E-state index in [0.29, 0.717) is 6.04 Å². The molecule has 2 heteroatoms. The Bertz CT molecular complexity index is 325. The van der Waals surface area contributed by atoms with Crippen molar-refractivity contribution in [2.75, 3.05) is 19.6 Å². The van der Waals surface area contributed by atoms with Crippen LogP contribution in [-0.2, 0) is 12.8 Å². The summed E-state index contributed by atoms with van der Waals surface area (Å²) in [6.45, 7) is 5.64. The van der Waals surface area contributed by atoms with Gasteiger partial charge in [0.2, 0.25) is 0 Å². The van der Waals surface area contributed by atoms with E-state index in [9.17, 15) is 0 Å². The zero-order valence-electron chi connectivity index (χ0n) is 11.5. The van der Waals surface area contributed by atoms with Gasteiger partial charge in [0.1, 0.15) is 0 Å². The summed E-state index contributed by atoms with van der Waals surface area (Å²) in [5.74, 6) is 0. The van der Waals surface area contributed by atoms with Crippen molar-refractivity contribution in [1.82, 2.24) is 10.6 Å². The first-order valence-electron chi connectivity index (χ1n) is 7.40. The van der Waals surface area contributed by atoms with Gasteiger partial charge in [-0.2, -0.15) is 0 Å². The number of rotatable bonds is 7. The van der Waals surface area contributed by atoms with Gasteiger partial charge in [-0.15, -0.1) is 0 Å². The van der Waals surface area contributed by atoms with Crippen molar-refractivity contribution >= 4 is 0 Å². The maximum absolute atomic E-state index is 3.55. The third-order valence-corrected chi connectivity index (χ3v) is 3.71. The molecule has 1 saturated heterocycles. The van der Waals surface area contributed by atoms with Crippen molar-refractivity contribution in [2.45, 2.75) is 45.1 Å². The molecule has 0 spiro atoms. The van der Waals surface area contributed by atoms with E-state index in [1.807, 2.05) is 0 Å². The summed E-state index contributed by atoms with van der Waals surface area (Å²) in [5, 5.41) is 7.07. The monoisotopic (exact) mass is 246 g/mol. The van der Waals surface area contributed by atoms with Crippen LogP contribution in [0.2, 0.25) is 0 Å². The van der Waals surface area contributed by atoms with Crippen LogP contribution in [0.4, 0.5) is 0 Å². The topological polar surface area (TPSA) is 24.1 Å². The largest absolute Gasteiger partial charge is 0.315 e. The molecule has 2 nitrogen and oxygen atoms in total. The summed E-state index contributed by atoms with van der Waals surface area (Å²) >= 11 is 0. The second kappa shape index (κ2) is 7.55. The molecule has 0 bridgehead atoms. The average molecular weight is 246 g/mol. The Hall–Kier alpha value is -0.860. The maximum atomic E-state index is 3.55. The zero-order chi connectivity index (χ0) is 12.6. The van der Waals surface area contributed by atoms with Gasteiger partial charge in [0, 0.05) is 12.6 Å². The average Bonchev–Trinajstić information content (AvgIpc) is 2.90. The predicted molar refractivity (Wildman–Crippen MR) is 78.0 cm³/mol. The molecule has 18 heavy (non-hydrogen) atoms. The first kappa shape index (κ1) is 13.6. The van der Waals surface area contributed by atoms with Crippen molar-refractivity contribution in [1.29, 1.82) is 0 Å². The molecule has 0 aromatic heterocycles. The van der Waals surface area contributed by atoms with Crippen LogP contribution in [0.1, 0.15) is 37.3 Å². The summed E-state index contributed by atoms with van der Waals surface area (Å²) in [6, 6.07) is 9.81. The minimum atomic E-state index is 0.705. The summed E-state index contributed by atoms with van der Waals surface area (Å²) < 4.78 is 0. The maximum Gasteiger partial charge on any atom is 0.0192 e. The third kappa shape index (κ3) is 4.43. The smallest absolute Gasteiger partial charge is 0.0192 e. The zero-order valence-corrected chi connectivity index (χ0v) is 11.5. The van der Waals surface area contributed by atoms with Crippen LogP contribution in [0.3, 0.4) is 0 Å². The van der Waals surface area contributed by atoms with Crippen LogP contribution in [-0.4, -0.2) is 25.7 Å². The highest BCUT2D eigenvalue weighted by molar-refractivity contribution is 5.22. The third-order valence-electron chi connectivity index (χ3n) is 3.71. The summed E-state index contributed by atoms with van der Waals surface area (Å²) in [5.41, 5.74) is 2.91. The minimum absolute atomic E-state index is 0.705. The van der Waals surface area contributed by atoms with Gasteiger partial charge in [0.25, 0.3) is 0 Å². The highest BCUT2D eigenvalue weighted by atomic mass is 15.0. The summed E-state index contributed by atoms with van der Waals surface area (Å²) in [6.07, 6.45) is 6.24. The Labute approximate surface area is 111 Å². The van der Waals surface area contributed by atoms with E-state index in [1.165, 1.54) is 43.4 Å². The molecular formula is C16H26N2. The number of hydrogen-bond donors (Lipinski definition) is 2. The molecule has 1 aliphatic heterocycles. The Kier molecular flexibility index (Phi) is 5.69. The molecule has 0 radical (unpaired) electrons. The number of benzene rings is 1. The molecule has 1 unspecified atom stereocenters. The summed E-state index contributed by atoms with van der Waals surface area (Å²) in [4.78, 5) is 0. The highest BCUT2D eigenvalue weighted by Crippen LogP contribution is 2.07. The van der Waals surface area contributed by atoms with E-state index >= 15 is 0 Å². The lowest BCUT2D eigenvalue weighted by molar-refractivity contribution is 0.537. The van der Waals surface area contributed by atoms with Crippen molar-refractivity contribution in [3.63, 3.8) is 0 Å². The lowest BCUT2D eigenvalue weighted by Gasteiger charge is -2.11. The molecule has 1 aliphatic rings. The normalized spacial score (nSPS) is 19.3. The standard InChI is InChI=1S/C16H26N2/c1-2-4-14-6-8-15(9-7-14)10-12-17-13-16-5-3-11-18-16/h6-9,16-18H,2-5,10-13H2,1H3. The SMILES string of the molecule is CCCc1ccc(CCNCC2CCCN2)cc1. The molecule has 1 atom stereocenters. The molecule has 100 valence electrons. The van der Waals surface area contributed by atoms with Crippen molar-refractivity contribution in [2.24, 2.45) is 0 Å². The Balaban J connectivity index is 1.63. The first-order valence-corrected chi connectivity index (χ1v) is 7.40. The van der Waals surface area contributed by atoms with E-state index in [-0.39, 0.29) is 0 Å². The number of aryl methyl sites for hydroxylation is 1. The minimum Gasteiger partial charge on any atom is -0.315 e. The van der Waals surface area contributed by atoms with E-state index in [2.05, 4.69) is 41.8 Å². The molecule has 2 N–H and O–H groups in total. The fraction of sp³-hybridized carbons (Fsp3) is 0.625. The van der Waals surface area contributed by atoms with Crippen LogP contribution < -0.4 is 10.6 Å². The van der Waals surface area contributed by atoms with Gasteiger partial charge >= 0.3 is 0 Å². The van der Waals surface area contributed by atoms with Crippen molar-refractivity contribution < 1.29 is 0 Å². The summed E-state index contributed by atoms with van der Waals surface area (Å²) in [7, 11) is 0. The lowest BCUT2D eigenvalue weighted by atomic mass is 10.1. The van der Waals surface area contributed by atoms with Gasteiger partial charge in [-0.05, 0) is 49.9 Å². The fourth-order valence-corrected chi connectivity index (χ4v) is 2.60. The van der Waals surface area contributed by atoms with E-state index < -0.39 is 0 Å². The molecule has 1 aromatic carbocycles. The van der Waals surface area contributed by atoms with E-state index in [1.54, 1.807) is 0 Å². The molecular weight excluding hydrogens is 220 g/mol. The molecule has 0 amide bonds.